The Morgan fingerprint density at radius 1 is 1.22 bits per heavy atom. The number of hydrogen-bond donors (Lipinski definition) is 2. The highest BCUT2D eigenvalue weighted by Gasteiger charge is 2.27. The lowest BCUT2D eigenvalue weighted by Gasteiger charge is -2.30. The first kappa shape index (κ1) is 21.9. The fourth-order valence-electron chi connectivity index (χ4n) is 3.87. The van der Waals surface area contributed by atoms with E-state index in [0.29, 0.717) is 31.1 Å². The summed E-state index contributed by atoms with van der Waals surface area (Å²) in [7, 11) is -3.60. The summed E-state index contributed by atoms with van der Waals surface area (Å²) in [5.41, 5.74) is 7.08. The third-order valence-corrected chi connectivity index (χ3v) is 7.63. The van der Waals surface area contributed by atoms with Gasteiger partial charge in [0.15, 0.2) is 0 Å². The molecule has 0 radical (unpaired) electrons. The van der Waals surface area contributed by atoms with Gasteiger partial charge in [-0.2, -0.15) is 4.31 Å². The number of sulfonamides is 1. The molecular weight excluding hydrogens is 362 g/mol. The number of rotatable bonds is 8. The van der Waals surface area contributed by atoms with Crippen molar-refractivity contribution in [1.82, 2.24) is 9.62 Å². The van der Waals surface area contributed by atoms with Crippen molar-refractivity contribution in [1.29, 1.82) is 0 Å². The second-order valence-electron chi connectivity index (χ2n) is 7.28. The lowest BCUT2D eigenvalue weighted by atomic mass is 9.83. The van der Waals surface area contributed by atoms with Gasteiger partial charge in [0.05, 0.1) is 4.90 Å². The van der Waals surface area contributed by atoms with Gasteiger partial charge in [-0.3, -0.25) is 4.79 Å². The van der Waals surface area contributed by atoms with Gasteiger partial charge in [0.1, 0.15) is 0 Å². The Balaban J connectivity index is 2.25. The first-order chi connectivity index (χ1) is 12.8. The first-order valence-corrected chi connectivity index (χ1v) is 11.4. The fourth-order valence-corrected chi connectivity index (χ4v) is 5.36. The number of benzene rings is 1. The van der Waals surface area contributed by atoms with Crippen LogP contribution in [0.2, 0.25) is 0 Å². The Labute approximate surface area is 163 Å². The van der Waals surface area contributed by atoms with E-state index in [1.807, 2.05) is 6.92 Å². The maximum absolute atomic E-state index is 12.9. The van der Waals surface area contributed by atoms with Crippen molar-refractivity contribution in [3.05, 3.63) is 29.3 Å². The summed E-state index contributed by atoms with van der Waals surface area (Å²) in [6.07, 6.45) is 5.75. The van der Waals surface area contributed by atoms with Crippen molar-refractivity contribution in [2.75, 3.05) is 19.6 Å². The molecule has 1 aromatic rings. The molecule has 1 atom stereocenters. The molecule has 1 fully saturated rings. The Kier molecular flexibility index (Phi) is 7.82. The zero-order chi connectivity index (χ0) is 20.0. The van der Waals surface area contributed by atoms with Gasteiger partial charge in [0, 0.05) is 31.2 Å². The van der Waals surface area contributed by atoms with Gasteiger partial charge in [0.25, 0.3) is 5.91 Å². The number of nitrogens with one attached hydrogen (secondary N) is 1. The number of amides is 1. The van der Waals surface area contributed by atoms with E-state index in [9.17, 15) is 13.2 Å². The highest BCUT2D eigenvalue weighted by Crippen LogP contribution is 2.27. The monoisotopic (exact) mass is 395 g/mol. The maximum atomic E-state index is 12.9. The zero-order valence-corrected chi connectivity index (χ0v) is 17.5. The largest absolute Gasteiger partial charge is 0.348 e. The standard InChI is InChI=1S/C20H33N3O3S/c1-4-23(5-2)27(25,26)17-12-11-15(3)18(13-17)20(24)22-19(14-21)16-9-7-6-8-10-16/h11-13,16,19H,4-10,14,21H2,1-3H3,(H,22,24). The molecule has 27 heavy (non-hydrogen) atoms. The van der Waals surface area contributed by atoms with Crippen LogP contribution in [-0.4, -0.2) is 44.3 Å². The topological polar surface area (TPSA) is 92.5 Å². The van der Waals surface area contributed by atoms with Crippen LogP contribution in [0.5, 0.6) is 0 Å². The molecule has 0 aromatic heterocycles. The molecule has 1 aliphatic rings. The van der Waals surface area contributed by atoms with Crippen LogP contribution in [0.15, 0.2) is 23.1 Å². The Morgan fingerprint density at radius 2 is 1.85 bits per heavy atom. The first-order valence-electron chi connectivity index (χ1n) is 9.96. The van der Waals surface area contributed by atoms with E-state index >= 15 is 0 Å². The second kappa shape index (κ2) is 9.66. The molecule has 0 heterocycles. The van der Waals surface area contributed by atoms with E-state index in [4.69, 9.17) is 5.73 Å². The average Bonchev–Trinajstić information content (AvgIpc) is 2.67. The Hall–Kier alpha value is -1.44. The van der Waals surface area contributed by atoms with Crippen molar-refractivity contribution in [2.24, 2.45) is 11.7 Å². The summed E-state index contributed by atoms with van der Waals surface area (Å²) >= 11 is 0. The molecule has 6 nitrogen and oxygen atoms in total. The summed E-state index contributed by atoms with van der Waals surface area (Å²) < 4.78 is 27.0. The third-order valence-electron chi connectivity index (χ3n) is 5.59. The number of nitrogens with zero attached hydrogens (tertiary/aromatic N) is 1. The van der Waals surface area contributed by atoms with Crippen LogP contribution in [0.25, 0.3) is 0 Å². The molecule has 0 aliphatic heterocycles. The summed E-state index contributed by atoms with van der Waals surface area (Å²) in [6, 6.07) is 4.69. The van der Waals surface area contributed by atoms with Gasteiger partial charge in [0.2, 0.25) is 10.0 Å². The normalized spacial score (nSPS) is 17.1. The minimum absolute atomic E-state index is 0.0692. The van der Waals surface area contributed by atoms with E-state index in [1.54, 1.807) is 26.0 Å². The van der Waals surface area contributed by atoms with E-state index in [2.05, 4.69) is 5.32 Å². The van der Waals surface area contributed by atoms with Crippen molar-refractivity contribution < 1.29 is 13.2 Å². The lowest BCUT2D eigenvalue weighted by molar-refractivity contribution is 0.0914. The quantitative estimate of drug-likeness (QED) is 0.708. The van der Waals surface area contributed by atoms with Crippen molar-refractivity contribution in [3.8, 4) is 0 Å². The molecule has 1 amide bonds. The number of hydrogen-bond acceptors (Lipinski definition) is 4. The predicted molar refractivity (Wildman–Crippen MR) is 108 cm³/mol. The molecule has 1 aliphatic carbocycles. The molecule has 152 valence electrons. The summed E-state index contributed by atoms with van der Waals surface area (Å²) in [5, 5.41) is 3.06. The summed E-state index contributed by atoms with van der Waals surface area (Å²) in [5.74, 6) is 0.153. The van der Waals surface area contributed by atoms with Gasteiger partial charge < -0.3 is 11.1 Å². The van der Waals surface area contributed by atoms with Crippen LogP contribution in [-0.2, 0) is 10.0 Å². The van der Waals surface area contributed by atoms with Gasteiger partial charge in [-0.05, 0) is 43.4 Å². The fraction of sp³-hybridized carbons (Fsp3) is 0.650. The van der Waals surface area contributed by atoms with Crippen LogP contribution < -0.4 is 11.1 Å². The lowest BCUT2D eigenvalue weighted by Crippen LogP contribution is -2.46. The maximum Gasteiger partial charge on any atom is 0.251 e. The van der Waals surface area contributed by atoms with Gasteiger partial charge in [-0.1, -0.05) is 39.2 Å². The Bertz CT molecular complexity index is 739. The van der Waals surface area contributed by atoms with Gasteiger partial charge in [-0.15, -0.1) is 0 Å². The highest BCUT2D eigenvalue weighted by atomic mass is 32.2. The molecular formula is C20H33N3O3S. The number of aryl methyl sites for hydroxylation is 1. The van der Waals surface area contributed by atoms with E-state index < -0.39 is 10.0 Å². The van der Waals surface area contributed by atoms with Gasteiger partial charge in [-0.25, -0.2) is 8.42 Å². The smallest absolute Gasteiger partial charge is 0.251 e. The molecule has 2 rings (SSSR count). The van der Waals surface area contributed by atoms with Crippen LogP contribution in [0.3, 0.4) is 0 Å². The van der Waals surface area contributed by atoms with E-state index in [-0.39, 0.29) is 16.8 Å². The molecule has 3 N–H and O–H groups in total. The molecule has 7 heteroatoms. The van der Waals surface area contributed by atoms with E-state index in [0.717, 1.165) is 18.4 Å². The van der Waals surface area contributed by atoms with E-state index in [1.165, 1.54) is 29.6 Å². The number of carbonyl (C=O) groups is 1. The molecule has 0 spiro atoms. The van der Waals surface area contributed by atoms with Crippen LogP contribution in [0, 0.1) is 12.8 Å². The molecule has 1 unspecified atom stereocenters. The van der Waals surface area contributed by atoms with Crippen molar-refractivity contribution in [3.63, 3.8) is 0 Å². The SMILES string of the molecule is CCN(CC)S(=O)(=O)c1ccc(C)c(C(=O)NC(CN)C2CCCCC2)c1. The molecule has 0 bridgehead atoms. The minimum atomic E-state index is -3.60. The Morgan fingerprint density at radius 3 is 2.41 bits per heavy atom. The number of nitrogens with two attached hydrogens (primary N) is 1. The van der Waals surface area contributed by atoms with Crippen LogP contribution >= 0.6 is 0 Å². The van der Waals surface area contributed by atoms with Crippen LogP contribution in [0.1, 0.15) is 61.9 Å². The average molecular weight is 396 g/mol. The molecule has 0 saturated heterocycles. The highest BCUT2D eigenvalue weighted by molar-refractivity contribution is 7.89. The van der Waals surface area contributed by atoms with Gasteiger partial charge >= 0.3 is 0 Å². The minimum Gasteiger partial charge on any atom is -0.348 e. The predicted octanol–water partition coefficient (Wildman–Crippen LogP) is 2.66. The second-order valence-corrected chi connectivity index (χ2v) is 9.22. The summed E-state index contributed by atoms with van der Waals surface area (Å²) in [4.78, 5) is 13.0. The molecule has 1 saturated carbocycles. The molecule has 1 aromatic carbocycles. The zero-order valence-electron chi connectivity index (χ0n) is 16.7. The van der Waals surface area contributed by atoms with Crippen molar-refractivity contribution in [2.45, 2.75) is 63.8 Å². The number of carbonyl (C=O) groups excluding carboxylic acids is 1. The summed E-state index contributed by atoms with van der Waals surface area (Å²) in [6.45, 7) is 6.61. The third kappa shape index (κ3) is 5.09. The van der Waals surface area contributed by atoms with Crippen LogP contribution in [0.4, 0.5) is 0 Å². The van der Waals surface area contributed by atoms with Crippen molar-refractivity contribution >= 4 is 15.9 Å².